The fraction of sp³-hybridized carbons (Fsp3) is 0.200. The van der Waals surface area contributed by atoms with Gasteiger partial charge in [0.15, 0.2) is 0 Å². The molecule has 2 aromatic rings. The van der Waals surface area contributed by atoms with Crippen LogP contribution in [0, 0.1) is 5.92 Å². The minimum absolute atomic E-state index is 0.408. The van der Waals surface area contributed by atoms with E-state index in [1.807, 2.05) is 66.9 Å². The summed E-state index contributed by atoms with van der Waals surface area (Å²) < 4.78 is 0. The minimum Gasteiger partial charge on any atom is -0.261 e. The molecule has 0 fully saturated rings. The fourth-order valence-corrected chi connectivity index (χ4v) is 2.58. The van der Waals surface area contributed by atoms with E-state index in [-0.39, 0.29) is 0 Å². The molecule has 1 unspecified atom stereocenters. The lowest BCUT2D eigenvalue weighted by Gasteiger charge is -2.15. The van der Waals surface area contributed by atoms with Crippen molar-refractivity contribution in [2.45, 2.75) is 19.3 Å². The van der Waals surface area contributed by atoms with E-state index in [0.29, 0.717) is 5.92 Å². The summed E-state index contributed by atoms with van der Waals surface area (Å²) in [6, 6.07) is 20.2. The van der Waals surface area contributed by atoms with Crippen molar-refractivity contribution in [3.8, 4) is 0 Å². The molecule has 1 aliphatic rings. The Balaban J connectivity index is 1.67. The van der Waals surface area contributed by atoms with Crippen molar-refractivity contribution < 1.29 is 0 Å². The predicted molar refractivity (Wildman–Crippen MR) is 94.6 cm³/mol. The molecular weight excluding hydrogens is 268 g/mol. The van der Waals surface area contributed by atoms with Gasteiger partial charge in [0, 0.05) is 18.3 Å². The first-order valence-corrected chi connectivity index (χ1v) is 7.79. The Kier molecular flexibility index (Phi) is 4.93. The fourth-order valence-electron chi connectivity index (χ4n) is 2.58. The van der Waals surface area contributed by atoms with E-state index in [4.69, 9.17) is 0 Å². The van der Waals surface area contributed by atoms with E-state index in [1.165, 1.54) is 18.4 Å². The lowest BCUT2D eigenvalue weighted by molar-refractivity contribution is 0.654. The van der Waals surface area contributed by atoms with Gasteiger partial charge in [-0.15, -0.1) is 0 Å². The zero-order valence-corrected chi connectivity index (χ0v) is 12.6. The van der Waals surface area contributed by atoms with Crippen LogP contribution in [-0.4, -0.2) is 12.4 Å². The summed E-state index contributed by atoms with van der Waals surface area (Å²) in [5.74, 6) is 0.408. The topological polar surface area (TPSA) is 24.7 Å². The Morgan fingerprint density at radius 3 is 2.14 bits per heavy atom. The van der Waals surface area contributed by atoms with Gasteiger partial charge in [-0.05, 0) is 49.1 Å². The van der Waals surface area contributed by atoms with Crippen LogP contribution in [0.4, 0.5) is 11.4 Å². The molecule has 3 rings (SSSR count). The summed E-state index contributed by atoms with van der Waals surface area (Å²) >= 11 is 0. The molecule has 0 spiro atoms. The van der Waals surface area contributed by atoms with Crippen LogP contribution in [0.15, 0.2) is 82.3 Å². The van der Waals surface area contributed by atoms with Gasteiger partial charge < -0.3 is 0 Å². The largest absolute Gasteiger partial charge is 0.261 e. The highest BCUT2D eigenvalue weighted by molar-refractivity contribution is 5.82. The third-order valence-corrected chi connectivity index (χ3v) is 3.74. The van der Waals surface area contributed by atoms with E-state index < -0.39 is 0 Å². The molecule has 1 aliphatic carbocycles. The maximum absolute atomic E-state index is 4.57. The second-order valence-corrected chi connectivity index (χ2v) is 5.51. The molecule has 0 bridgehead atoms. The van der Waals surface area contributed by atoms with Crippen LogP contribution in [0.5, 0.6) is 0 Å². The molecule has 2 heteroatoms. The highest BCUT2D eigenvalue weighted by Crippen LogP contribution is 2.22. The van der Waals surface area contributed by atoms with Gasteiger partial charge in [0.1, 0.15) is 0 Å². The van der Waals surface area contributed by atoms with Crippen molar-refractivity contribution in [2.24, 2.45) is 15.9 Å². The zero-order valence-electron chi connectivity index (χ0n) is 12.6. The van der Waals surface area contributed by atoms with Crippen LogP contribution in [0.25, 0.3) is 0 Å². The van der Waals surface area contributed by atoms with Crippen LogP contribution in [0.1, 0.15) is 19.3 Å². The van der Waals surface area contributed by atoms with E-state index in [9.17, 15) is 0 Å². The standard InChI is InChI=1S/C20H20N2/c1-3-10-19(11-4-1)21-15-17-8-7-9-18(14-17)16-22-20-12-5-2-6-13-20/h1-6,10-17H,7-9H2. The summed E-state index contributed by atoms with van der Waals surface area (Å²) in [4.78, 5) is 9.11. The van der Waals surface area contributed by atoms with Gasteiger partial charge in [-0.1, -0.05) is 42.5 Å². The summed E-state index contributed by atoms with van der Waals surface area (Å²) in [6.07, 6.45) is 9.81. The first kappa shape index (κ1) is 14.5. The second kappa shape index (κ2) is 7.51. The number of aliphatic imine (C=N–C) groups is 2. The van der Waals surface area contributed by atoms with Crippen molar-refractivity contribution in [3.05, 3.63) is 72.3 Å². The van der Waals surface area contributed by atoms with E-state index in [2.05, 4.69) is 22.3 Å². The van der Waals surface area contributed by atoms with Crippen molar-refractivity contribution in [2.75, 3.05) is 0 Å². The Morgan fingerprint density at radius 1 is 0.818 bits per heavy atom. The van der Waals surface area contributed by atoms with Crippen LogP contribution >= 0.6 is 0 Å². The van der Waals surface area contributed by atoms with Gasteiger partial charge in [-0.25, -0.2) is 0 Å². The van der Waals surface area contributed by atoms with Gasteiger partial charge in [-0.3, -0.25) is 9.98 Å². The molecule has 22 heavy (non-hydrogen) atoms. The predicted octanol–water partition coefficient (Wildman–Crippen LogP) is 5.52. The van der Waals surface area contributed by atoms with Crippen molar-refractivity contribution in [1.82, 2.24) is 0 Å². The Morgan fingerprint density at radius 2 is 1.45 bits per heavy atom. The molecule has 0 heterocycles. The third kappa shape index (κ3) is 4.26. The SMILES string of the molecule is C(=Nc1ccccc1)C1=CC(C=Nc2ccccc2)CCC1. The number of para-hydroxylation sites is 2. The Labute approximate surface area is 132 Å². The molecular formula is C20H20N2. The van der Waals surface area contributed by atoms with Crippen LogP contribution in [0.2, 0.25) is 0 Å². The van der Waals surface area contributed by atoms with E-state index in [1.54, 1.807) is 0 Å². The monoisotopic (exact) mass is 288 g/mol. The molecule has 0 saturated heterocycles. The Bertz CT molecular complexity index is 669. The smallest absolute Gasteiger partial charge is 0.0629 e. The summed E-state index contributed by atoms with van der Waals surface area (Å²) in [6.45, 7) is 0. The Hall–Kier alpha value is -2.48. The number of allylic oxidation sites excluding steroid dienone is 2. The number of benzene rings is 2. The lowest BCUT2D eigenvalue weighted by atomic mass is 9.92. The average Bonchev–Trinajstić information content (AvgIpc) is 2.60. The molecule has 110 valence electrons. The van der Waals surface area contributed by atoms with Gasteiger partial charge in [0.05, 0.1) is 11.4 Å². The highest BCUT2D eigenvalue weighted by atomic mass is 14.7. The van der Waals surface area contributed by atoms with Crippen LogP contribution in [-0.2, 0) is 0 Å². The van der Waals surface area contributed by atoms with Gasteiger partial charge in [0.25, 0.3) is 0 Å². The molecule has 0 N–H and O–H groups in total. The summed E-state index contributed by atoms with van der Waals surface area (Å²) in [7, 11) is 0. The molecule has 2 nitrogen and oxygen atoms in total. The first-order valence-electron chi connectivity index (χ1n) is 7.79. The maximum Gasteiger partial charge on any atom is 0.0629 e. The highest BCUT2D eigenvalue weighted by Gasteiger charge is 2.10. The van der Waals surface area contributed by atoms with Gasteiger partial charge in [-0.2, -0.15) is 0 Å². The van der Waals surface area contributed by atoms with Crippen LogP contribution < -0.4 is 0 Å². The number of hydrogen-bond donors (Lipinski definition) is 0. The van der Waals surface area contributed by atoms with E-state index >= 15 is 0 Å². The molecule has 0 aliphatic heterocycles. The maximum atomic E-state index is 4.57. The average molecular weight is 288 g/mol. The number of nitrogens with zero attached hydrogens (tertiary/aromatic N) is 2. The van der Waals surface area contributed by atoms with Crippen LogP contribution in [0.3, 0.4) is 0 Å². The second-order valence-electron chi connectivity index (χ2n) is 5.51. The molecule has 0 radical (unpaired) electrons. The lowest BCUT2D eigenvalue weighted by Crippen LogP contribution is -2.06. The summed E-state index contributed by atoms with van der Waals surface area (Å²) in [5, 5.41) is 0. The van der Waals surface area contributed by atoms with Crippen molar-refractivity contribution in [3.63, 3.8) is 0 Å². The normalized spacial score (nSPS) is 18.7. The summed E-state index contributed by atoms with van der Waals surface area (Å²) in [5.41, 5.74) is 3.32. The molecule has 0 aromatic heterocycles. The molecule has 0 amide bonds. The van der Waals surface area contributed by atoms with Crippen molar-refractivity contribution >= 4 is 23.8 Å². The molecule has 2 aromatic carbocycles. The molecule has 1 atom stereocenters. The molecule has 0 saturated carbocycles. The third-order valence-electron chi connectivity index (χ3n) is 3.74. The van der Waals surface area contributed by atoms with Gasteiger partial charge in [0.2, 0.25) is 0 Å². The van der Waals surface area contributed by atoms with Crippen molar-refractivity contribution in [1.29, 1.82) is 0 Å². The van der Waals surface area contributed by atoms with Gasteiger partial charge >= 0.3 is 0 Å². The minimum atomic E-state index is 0.408. The van der Waals surface area contributed by atoms with E-state index in [0.717, 1.165) is 17.8 Å². The number of hydrogen-bond acceptors (Lipinski definition) is 2. The zero-order chi connectivity index (χ0) is 15.0. The first-order chi connectivity index (χ1) is 10.9. The quantitative estimate of drug-likeness (QED) is 0.662. The number of rotatable bonds is 4.